The first-order chi connectivity index (χ1) is 14.9. The molecule has 12 heteroatoms. The standard InChI is InChI=1S/C20H18Cl2N2O6S2/c1-2-24(31(25,26)15-11-16(21)20(23)17(22)12-15)13-8-9-18(19(10-13)32(27,28)29)30-14-6-4-3-5-7-14/h3-12H,2,23H2,1H3,(H,27,28,29). The molecule has 0 heterocycles. The maximum absolute atomic E-state index is 13.2. The van der Waals surface area contributed by atoms with Gasteiger partial charge in [0, 0.05) is 6.54 Å². The van der Waals surface area contributed by atoms with Crippen LogP contribution in [0.25, 0.3) is 0 Å². The van der Waals surface area contributed by atoms with Crippen molar-refractivity contribution in [1.29, 1.82) is 0 Å². The summed E-state index contributed by atoms with van der Waals surface area (Å²) in [6.07, 6.45) is 0. The Hall–Kier alpha value is -2.50. The van der Waals surface area contributed by atoms with E-state index in [9.17, 15) is 21.4 Å². The van der Waals surface area contributed by atoms with E-state index in [1.807, 2.05) is 0 Å². The molecule has 0 amide bonds. The van der Waals surface area contributed by atoms with Crippen molar-refractivity contribution in [1.82, 2.24) is 0 Å². The Bertz CT molecular complexity index is 1340. The molecule has 0 saturated carbocycles. The number of hydrogen-bond donors (Lipinski definition) is 2. The highest BCUT2D eigenvalue weighted by molar-refractivity contribution is 7.92. The third-order valence-electron chi connectivity index (χ3n) is 4.39. The van der Waals surface area contributed by atoms with Crippen LogP contribution in [0.5, 0.6) is 11.5 Å². The van der Waals surface area contributed by atoms with Crippen molar-refractivity contribution in [3.05, 3.63) is 70.7 Å². The van der Waals surface area contributed by atoms with Crippen molar-refractivity contribution >= 4 is 54.7 Å². The zero-order chi connectivity index (χ0) is 23.7. The fourth-order valence-electron chi connectivity index (χ4n) is 2.88. The van der Waals surface area contributed by atoms with Crippen molar-refractivity contribution in [2.75, 3.05) is 16.6 Å². The van der Waals surface area contributed by atoms with E-state index in [0.29, 0.717) is 5.75 Å². The normalized spacial score (nSPS) is 11.9. The number of hydrogen-bond acceptors (Lipinski definition) is 6. The highest BCUT2D eigenvalue weighted by Gasteiger charge is 2.28. The number of nitrogen functional groups attached to an aromatic ring is 1. The van der Waals surface area contributed by atoms with E-state index < -0.39 is 25.0 Å². The summed E-state index contributed by atoms with van der Waals surface area (Å²) in [7, 11) is -8.96. The lowest BCUT2D eigenvalue weighted by molar-refractivity contribution is 0.450. The minimum Gasteiger partial charge on any atom is -0.456 e. The molecule has 3 N–H and O–H groups in total. The third kappa shape index (κ3) is 4.94. The quantitative estimate of drug-likeness (QED) is 0.340. The SMILES string of the molecule is CCN(c1ccc(Oc2ccccc2)c(S(=O)(=O)O)c1)S(=O)(=O)c1cc(Cl)c(N)c(Cl)c1. The van der Waals surface area contributed by atoms with Crippen molar-refractivity contribution in [3.8, 4) is 11.5 Å². The number of sulfonamides is 1. The van der Waals surface area contributed by atoms with Gasteiger partial charge in [-0.1, -0.05) is 41.4 Å². The van der Waals surface area contributed by atoms with Crippen LogP contribution in [-0.2, 0) is 20.1 Å². The molecule has 3 aromatic carbocycles. The first-order valence-electron chi connectivity index (χ1n) is 9.07. The highest BCUT2D eigenvalue weighted by Crippen LogP contribution is 2.36. The number of nitrogens with zero attached hydrogens (tertiary/aromatic N) is 1. The van der Waals surface area contributed by atoms with Gasteiger partial charge in [0.05, 0.1) is 26.3 Å². The van der Waals surface area contributed by atoms with Crippen molar-refractivity contribution < 1.29 is 26.1 Å². The van der Waals surface area contributed by atoms with E-state index in [-0.39, 0.29) is 38.6 Å². The molecule has 0 aromatic heterocycles. The van der Waals surface area contributed by atoms with E-state index in [2.05, 4.69) is 0 Å². The van der Waals surface area contributed by atoms with Crippen LogP contribution in [0.3, 0.4) is 0 Å². The van der Waals surface area contributed by atoms with Gasteiger partial charge in [-0.3, -0.25) is 8.86 Å². The van der Waals surface area contributed by atoms with Crippen LogP contribution in [0.15, 0.2) is 70.5 Å². The number of para-hydroxylation sites is 1. The smallest absolute Gasteiger partial charge is 0.298 e. The Labute approximate surface area is 195 Å². The molecule has 0 aliphatic heterocycles. The monoisotopic (exact) mass is 516 g/mol. The molecule has 8 nitrogen and oxygen atoms in total. The van der Waals surface area contributed by atoms with Gasteiger partial charge in [0.25, 0.3) is 20.1 Å². The fraction of sp³-hybridized carbons (Fsp3) is 0.100. The largest absolute Gasteiger partial charge is 0.456 e. The number of anilines is 2. The van der Waals surface area contributed by atoms with Crippen LogP contribution in [0, 0.1) is 0 Å². The molecule has 0 unspecified atom stereocenters. The Morgan fingerprint density at radius 2 is 1.56 bits per heavy atom. The summed E-state index contributed by atoms with van der Waals surface area (Å²) in [5.74, 6) is 0.158. The fourth-order valence-corrected chi connectivity index (χ4v) is 5.65. The first-order valence-corrected chi connectivity index (χ1v) is 12.7. The van der Waals surface area contributed by atoms with Gasteiger partial charge in [-0.2, -0.15) is 8.42 Å². The molecule has 0 saturated heterocycles. The summed E-state index contributed by atoms with van der Waals surface area (Å²) < 4.78 is 66.7. The van der Waals surface area contributed by atoms with Gasteiger partial charge in [-0.25, -0.2) is 8.42 Å². The van der Waals surface area contributed by atoms with Gasteiger partial charge >= 0.3 is 0 Å². The van der Waals surface area contributed by atoms with Crippen LogP contribution in [-0.4, -0.2) is 27.9 Å². The van der Waals surface area contributed by atoms with Gasteiger partial charge in [0.15, 0.2) is 0 Å². The summed E-state index contributed by atoms with van der Waals surface area (Å²) in [6.45, 7) is 1.49. The zero-order valence-corrected chi connectivity index (χ0v) is 19.7. The number of rotatable bonds is 7. The van der Waals surface area contributed by atoms with Crippen molar-refractivity contribution in [3.63, 3.8) is 0 Å². The molecule has 3 rings (SSSR count). The van der Waals surface area contributed by atoms with Crippen LogP contribution >= 0.6 is 23.2 Å². The molecular weight excluding hydrogens is 499 g/mol. The molecule has 0 fully saturated rings. The summed E-state index contributed by atoms with van der Waals surface area (Å²) in [4.78, 5) is -0.831. The second-order valence-electron chi connectivity index (χ2n) is 6.49. The molecule has 170 valence electrons. The molecule has 0 spiro atoms. The van der Waals surface area contributed by atoms with E-state index in [0.717, 1.165) is 22.5 Å². The lowest BCUT2D eigenvalue weighted by Gasteiger charge is -2.24. The van der Waals surface area contributed by atoms with Crippen molar-refractivity contribution in [2.24, 2.45) is 0 Å². The van der Waals surface area contributed by atoms with Crippen LogP contribution in [0.4, 0.5) is 11.4 Å². The topological polar surface area (TPSA) is 127 Å². The second kappa shape index (κ2) is 9.16. The Morgan fingerprint density at radius 1 is 0.969 bits per heavy atom. The van der Waals surface area contributed by atoms with Gasteiger partial charge in [-0.05, 0) is 49.4 Å². The first kappa shape index (κ1) is 24.1. The highest BCUT2D eigenvalue weighted by atomic mass is 35.5. The molecule has 32 heavy (non-hydrogen) atoms. The predicted octanol–water partition coefficient (Wildman–Crippen LogP) is 4.83. The number of benzene rings is 3. The summed E-state index contributed by atoms with van der Waals surface area (Å²) >= 11 is 12.0. The predicted molar refractivity (Wildman–Crippen MR) is 124 cm³/mol. The van der Waals surface area contributed by atoms with Crippen LogP contribution in [0.2, 0.25) is 10.0 Å². The third-order valence-corrected chi connectivity index (χ3v) is 7.77. The zero-order valence-electron chi connectivity index (χ0n) is 16.6. The molecule has 0 radical (unpaired) electrons. The maximum Gasteiger partial charge on any atom is 0.298 e. The molecule has 0 aliphatic rings. The lowest BCUT2D eigenvalue weighted by Crippen LogP contribution is -2.31. The Morgan fingerprint density at radius 3 is 2.09 bits per heavy atom. The van der Waals surface area contributed by atoms with Gasteiger partial charge in [0.2, 0.25) is 0 Å². The summed E-state index contributed by atoms with van der Waals surface area (Å²) in [5.41, 5.74) is 5.69. The molecule has 0 aliphatic carbocycles. The van der Waals surface area contributed by atoms with E-state index in [4.69, 9.17) is 33.7 Å². The molecular formula is C20H18Cl2N2O6S2. The number of ether oxygens (including phenoxy) is 1. The van der Waals surface area contributed by atoms with Crippen LogP contribution < -0.4 is 14.8 Å². The number of nitrogens with two attached hydrogens (primary N) is 1. The second-order valence-corrected chi connectivity index (χ2v) is 10.6. The molecule has 0 bridgehead atoms. The Kier molecular flexibility index (Phi) is 6.91. The van der Waals surface area contributed by atoms with Crippen molar-refractivity contribution in [2.45, 2.75) is 16.7 Å². The summed E-state index contributed by atoms with van der Waals surface area (Å²) in [6, 6.07) is 14.2. The minimum atomic E-state index is -4.75. The molecule has 3 aromatic rings. The summed E-state index contributed by atoms with van der Waals surface area (Å²) in [5, 5.41) is -0.0882. The molecule has 0 atom stereocenters. The van der Waals surface area contributed by atoms with Gasteiger partial charge in [-0.15, -0.1) is 0 Å². The average Bonchev–Trinajstić information content (AvgIpc) is 2.73. The van der Waals surface area contributed by atoms with E-state index >= 15 is 0 Å². The van der Waals surface area contributed by atoms with E-state index in [1.165, 1.54) is 12.1 Å². The average molecular weight is 517 g/mol. The maximum atomic E-state index is 13.2. The van der Waals surface area contributed by atoms with Gasteiger partial charge in [0.1, 0.15) is 16.4 Å². The van der Waals surface area contributed by atoms with Crippen LogP contribution in [0.1, 0.15) is 6.92 Å². The Balaban J connectivity index is 2.11. The van der Waals surface area contributed by atoms with Gasteiger partial charge < -0.3 is 10.5 Å². The lowest BCUT2D eigenvalue weighted by atomic mass is 10.3. The number of halogens is 2. The minimum absolute atomic E-state index is 0.0235. The van der Waals surface area contributed by atoms with E-state index in [1.54, 1.807) is 37.3 Å².